The number of halogens is 3. The van der Waals surface area contributed by atoms with E-state index in [1.165, 1.54) is 48.4 Å². The first-order valence-electron chi connectivity index (χ1n) is 12.3. The standard InChI is InChI=1S/C28H30Cl3N3O5S/c1-18(2)32-28(36)19(3)33(16-24-25(30)9-6-10-26(24)31)27(35)17-34(21-8-5-7-20(29)15-21)40(37,38)23-13-11-22(39-4)12-14-23/h5-15,18-19H,16-17H2,1-4H3,(H,32,36). The Morgan fingerprint density at radius 1 is 0.925 bits per heavy atom. The summed E-state index contributed by atoms with van der Waals surface area (Å²) in [4.78, 5) is 28.1. The van der Waals surface area contributed by atoms with Crippen LogP contribution < -0.4 is 14.4 Å². The third kappa shape index (κ3) is 7.60. The van der Waals surface area contributed by atoms with Crippen LogP contribution in [-0.2, 0) is 26.2 Å². The van der Waals surface area contributed by atoms with Gasteiger partial charge in [0.25, 0.3) is 10.0 Å². The molecular formula is C28H30Cl3N3O5S. The average Bonchev–Trinajstić information content (AvgIpc) is 2.90. The number of hydrogen-bond acceptors (Lipinski definition) is 5. The lowest BCUT2D eigenvalue weighted by Crippen LogP contribution is -2.52. The highest BCUT2D eigenvalue weighted by Crippen LogP contribution is 2.29. The summed E-state index contributed by atoms with van der Waals surface area (Å²) in [5.41, 5.74) is 0.599. The van der Waals surface area contributed by atoms with Crippen LogP contribution in [0.2, 0.25) is 15.1 Å². The number of methoxy groups -OCH3 is 1. The van der Waals surface area contributed by atoms with Crippen molar-refractivity contribution < 1.29 is 22.7 Å². The second-order valence-electron chi connectivity index (χ2n) is 9.23. The van der Waals surface area contributed by atoms with Gasteiger partial charge in [-0.3, -0.25) is 13.9 Å². The van der Waals surface area contributed by atoms with Gasteiger partial charge in [0.15, 0.2) is 0 Å². The lowest BCUT2D eigenvalue weighted by atomic mass is 10.1. The minimum atomic E-state index is -4.26. The van der Waals surface area contributed by atoms with Crippen LogP contribution in [0.4, 0.5) is 5.69 Å². The molecule has 214 valence electrons. The van der Waals surface area contributed by atoms with Gasteiger partial charge in [-0.1, -0.05) is 46.9 Å². The van der Waals surface area contributed by atoms with Gasteiger partial charge in [0.05, 0.1) is 17.7 Å². The molecule has 0 aliphatic carbocycles. The molecule has 0 aliphatic heterocycles. The van der Waals surface area contributed by atoms with E-state index < -0.39 is 34.4 Å². The molecule has 2 amide bonds. The zero-order valence-electron chi connectivity index (χ0n) is 22.4. The van der Waals surface area contributed by atoms with Crippen LogP contribution in [0.25, 0.3) is 0 Å². The molecule has 3 aromatic carbocycles. The SMILES string of the molecule is COc1ccc(S(=O)(=O)N(CC(=O)N(Cc2c(Cl)cccc2Cl)C(C)C(=O)NC(C)C)c2cccc(Cl)c2)cc1. The van der Waals surface area contributed by atoms with Gasteiger partial charge in [0, 0.05) is 33.2 Å². The molecular weight excluding hydrogens is 597 g/mol. The molecule has 40 heavy (non-hydrogen) atoms. The topological polar surface area (TPSA) is 96.0 Å². The number of benzene rings is 3. The summed E-state index contributed by atoms with van der Waals surface area (Å²) in [5, 5.41) is 3.68. The van der Waals surface area contributed by atoms with Crippen LogP contribution in [0.3, 0.4) is 0 Å². The summed E-state index contributed by atoms with van der Waals surface area (Å²) in [7, 11) is -2.79. The molecule has 0 spiro atoms. The number of carbonyl (C=O) groups excluding carboxylic acids is 2. The van der Waals surface area contributed by atoms with Crippen LogP contribution in [-0.4, -0.2) is 50.9 Å². The Morgan fingerprint density at radius 3 is 2.08 bits per heavy atom. The quantitative estimate of drug-likeness (QED) is 0.291. The van der Waals surface area contributed by atoms with Crippen molar-refractivity contribution in [2.45, 2.75) is 44.3 Å². The summed E-state index contributed by atoms with van der Waals surface area (Å²) in [6, 6.07) is 15.7. The highest BCUT2D eigenvalue weighted by molar-refractivity contribution is 7.92. The zero-order valence-corrected chi connectivity index (χ0v) is 25.5. The number of amides is 2. The van der Waals surface area contributed by atoms with Gasteiger partial charge in [0.1, 0.15) is 18.3 Å². The number of anilines is 1. The second kappa shape index (κ2) is 13.6. The Balaban J connectivity index is 2.07. The Morgan fingerprint density at radius 2 is 1.52 bits per heavy atom. The molecule has 1 atom stereocenters. The van der Waals surface area contributed by atoms with Crippen molar-refractivity contribution in [1.29, 1.82) is 0 Å². The molecule has 3 rings (SSSR count). The minimum Gasteiger partial charge on any atom is -0.497 e. The predicted octanol–water partition coefficient (Wildman–Crippen LogP) is 5.79. The normalized spacial score (nSPS) is 12.1. The maximum absolute atomic E-state index is 13.9. The van der Waals surface area contributed by atoms with E-state index in [1.54, 1.807) is 51.1 Å². The molecule has 0 radical (unpaired) electrons. The van der Waals surface area contributed by atoms with Gasteiger partial charge < -0.3 is 15.0 Å². The third-order valence-electron chi connectivity index (χ3n) is 6.01. The van der Waals surface area contributed by atoms with Crippen molar-refractivity contribution in [3.63, 3.8) is 0 Å². The van der Waals surface area contributed by atoms with Gasteiger partial charge >= 0.3 is 0 Å². The summed E-state index contributed by atoms with van der Waals surface area (Å²) in [6.07, 6.45) is 0. The molecule has 0 bridgehead atoms. The highest BCUT2D eigenvalue weighted by Gasteiger charge is 2.33. The van der Waals surface area contributed by atoms with E-state index in [-0.39, 0.29) is 28.2 Å². The fraction of sp³-hybridized carbons (Fsp3) is 0.286. The highest BCUT2D eigenvalue weighted by atomic mass is 35.5. The monoisotopic (exact) mass is 625 g/mol. The summed E-state index contributed by atoms with van der Waals surface area (Å²) in [6.45, 7) is 4.39. The lowest BCUT2D eigenvalue weighted by Gasteiger charge is -2.32. The number of rotatable bonds is 11. The fourth-order valence-electron chi connectivity index (χ4n) is 3.88. The third-order valence-corrected chi connectivity index (χ3v) is 8.74. The number of ether oxygens (including phenoxy) is 1. The molecule has 0 heterocycles. The van der Waals surface area contributed by atoms with E-state index in [9.17, 15) is 18.0 Å². The average molecular weight is 627 g/mol. The van der Waals surface area contributed by atoms with Crippen LogP contribution in [0.5, 0.6) is 5.75 Å². The number of nitrogens with one attached hydrogen (secondary N) is 1. The summed E-state index contributed by atoms with van der Waals surface area (Å²) < 4.78 is 33.8. The first kappa shape index (κ1) is 31.5. The Labute approximate surface area is 249 Å². The van der Waals surface area contributed by atoms with Crippen molar-refractivity contribution in [1.82, 2.24) is 10.2 Å². The molecule has 0 saturated heterocycles. The fourth-order valence-corrected chi connectivity index (χ4v) is 5.98. The van der Waals surface area contributed by atoms with E-state index >= 15 is 0 Å². The van der Waals surface area contributed by atoms with Crippen LogP contribution in [0.15, 0.2) is 71.6 Å². The first-order chi connectivity index (χ1) is 18.8. The zero-order chi connectivity index (χ0) is 29.6. The molecule has 12 heteroatoms. The number of carbonyl (C=O) groups is 2. The predicted molar refractivity (Wildman–Crippen MR) is 159 cm³/mol. The molecule has 1 N–H and O–H groups in total. The largest absolute Gasteiger partial charge is 0.497 e. The molecule has 3 aromatic rings. The minimum absolute atomic E-state index is 0.0626. The molecule has 0 aliphatic rings. The summed E-state index contributed by atoms with van der Waals surface area (Å²) >= 11 is 19.0. The van der Waals surface area contributed by atoms with Crippen molar-refractivity contribution in [3.8, 4) is 5.75 Å². The Kier molecular flexibility index (Phi) is 10.7. The second-order valence-corrected chi connectivity index (χ2v) is 12.3. The van der Waals surface area contributed by atoms with E-state index in [1.807, 2.05) is 0 Å². The van der Waals surface area contributed by atoms with E-state index in [0.29, 0.717) is 21.4 Å². The van der Waals surface area contributed by atoms with Crippen LogP contribution >= 0.6 is 34.8 Å². The van der Waals surface area contributed by atoms with Gasteiger partial charge in [0.2, 0.25) is 11.8 Å². The molecule has 0 fully saturated rings. The molecule has 1 unspecified atom stereocenters. The van der Waals surface area contributed by atoms with Gasteiger partial charge in [-0.2, -0.15) is 0 Å². The maximum Gasteiger partial charge on any atom is 0.264 e. The molecule has 0 aromatic heterocycles. The molecule has 8 nitrogen and oxygen atoms in total. The smallest absolute Gasteiger partial charge is 0.264 e. The number of nitrogens with zero attached hydrogens (tertiary/aromatic N) is 2. The van der Waals surface area contributed by atoms with Gasteiger partial charge in [-0.15, -0.1) is 0 Å². The van der Waals surface area contributed by atoms with Gasteiger partial charge in [-0.05, 0) is 75.4 Å². The van der Waals surface area contributed by atoms with Crippen molar-refractivity contribution in [3.05, 3.63) is 87.4 Å². The Bertz CT molecular complexity index is 1450. The van der Waals surface area contributed by atoms with Gasteiger partial charge in [-0.25, -0.2) is 8.42 Å². The van der Waals surface area contributed by atoms with Crippen molar-refractivity contribution in [2.75, 3.05) is 18.0 Å². The lowest BCUT2D eigenvalue weighted by molar-refractivity contribution is -0.139. The Hall–Kier alpha value is -2.98. The molecule has 0 saturated carbocycles. The van der Waals surface area contributed by atoms with Crippen molar-refractivity contribution in [2.24, 2.45) is 0 Å². The number of hydrogen-bond donors (Lipinski definition) is 1. The van der Waals surface area contributed by atoms with Crippen LogP contribution in [0.1, 0.15) is 26.3 Å². The summed E-state index contributed by atoms with van der Waals surface area (Å²) in [5.74, 6) is -0.601. The van der Waals surface area contributed by atoms with E-state index in [4.69, 9.17) is 39.5 Å². The van der Waals surface area contributed by atoms with Crippen molar-refractivity contribution >= 4 is 62.3 Å². The number of sulfonamides is 1. The van der Waals surface area contributed by atoms with E-state index in [0.717, 1.165) is 4.31 Å². The first-order valence-corrected chi connectivity index (χ1v) is 14.9. The maximum atomic E-state index is 13.9. The van der Waals surface area contributed by atoms with Crippen LogP contribution in [0, 0.1) is 0 Å². The van der Waals surface area contributed by atoms with E-state index in [2.05, 4.69) is 5.32 Å².